The van der Waals surface area contributed by atoms with E-state index < -0.39 is 29.6 Å². The Morgan fingerprint density at radius 3 is 2.66 bits per heavy atom. The molecule has 2 saturated heterocycles. The van der Waals surface area contributed by atoms with E-state index in [1.807, 2.05) is 13.0 Å². The molecule has 1 amide bonds. The van der Waals surface area contributed by atoms with Crippen LogP contribution in [0.4, 0.5) is 0 Å². The van der Waals surface area contributed by atoms with Crippen LogP contribution in [0, 0.1) is 5.92 Å². The Kier molecular flexibility index (Phi) is 7.47. The van der Waals surface area contributed by atoms with Crippen molar-refractivity contribution in [3.8, 4) is 0 Å². The zero-order valence-corrected chi connectivity index (χ0v) is 17.1. The number of Topliss-reactive ketones (excluding diaryl/α,β-unsaturated/α-hetero) is 1. The lowest BCUT2D eigenvalue weighted by molar-refractivity contribution is -0.136. The lowest BCUT2D eigenvalue weighted by atomic mass is 9.91. The molecule has 0 spiro atoms. The van der Waals surface area contributed by atoms with Gasteiger partial charge in [0.05, 0.1) is 19.3 Å². The number of nitrogens with one attached hydrogen (secondary N) is 1. The molecule has 2 N–H and O–H groups in total. The highest BCUT2D eigenvalue weighted by Gasteiger charge is 2.58. The third-order valence-corrected chi connectivity index (χ3v) is 4.89. The van der Waals surface area contributed by atoms with Gasteiger partial charge < -0.3 is 19.9 Å². The molecule has 0 bridgehead atoms. The van der Waals surface area contributed by atoms with Crippen LogP contribution in [-0.4, -0.2) is 48.3 Å². The summed E-state index contributed by atoms with van der Waals surface area (Å²) < 4.78 is 10.1. The SMILES string of the molecule is C\C=C(/C=C(C)/C=C/C=C/C=C(\C)C(=O)[C@@H]1C(=O)N[C@@]2(O)CCO[C@@H]12)C(=O)OC. The van der Waals surface area contributed by atoms with E-state index in [0.717, 1.165) is 5.57 Å². The fraction of sp³-hybridized carbons (Fsp3) is 0.409. The predicted molar refractivity (Wildman–Crippen MR) is 108 cm³/mol. The number of ether oxygens (including phenoxy) is 2. The summed E-state index contributed by atoms with van der Waals surface area (Å²) in [6.45, 7) is 5.53. The van der Waals surface area contributed by atoms with Crippen LogP contribution in [0.3, 0.4) is 0 Å². The molecule has 29 heavy (non-hydrogen) atoms. The van der Waals surface area contributed by atoms with Gasteiger partial charge in [-0.15, -0.1) is 0 Å². The fourth-order valence-electron chi connectivity index (χ4n) is 3.28. The highest BCUT2D eigenvalue weighted by molar-refractivity contribution is 6.11. The van der Waals surface area contributed by atoms with Crippen LogP contribution in [0.15, 0.2) is 59.3 Å². The van der Waals surface area contributed by atoms with Crippen molar-refractivity contribution in [2.75, 3.05) is 13.7 Å². The minimum Gasteiger partial charge on any atom is -0.465 e. The minimum atomic E-state index is -1.45. The van der Waals surface area contributed by atoms with E-state index in [2.05, 4.69) is 5.32 Å². The van der Waals surface area contributed by atoms with Crippen molar-refractivity contribution in [1.29, 1.82) is 0 Å². The predicted octanol–water partition coefficient (Wildman–Crippen LogP) is 1.90. The molecule has 7 nitrogen and oxygen atoms in total. The van der Waals surface area contributed by atoms with E-state index >= 15 is 0 Å². The monoisotopic (exact) mass is 401 g/mol. The van der Waals surface area contributed by atoms with Gasteiger partial charge in [0.1, 0.15) is 12.0 Å². The first-order valence-corrected chi connectivity index (χ1v) is 9.38. The Balaban J connectivity index is 1.99. The number of methoxy groups -OCH3 is 1. The molecule has 2 rings (SSSR count). The van der Waals surface area contributed by atoms with Gasteiger partial charge in [0.2, 0.25) is 5.91 Å². The number of carbonyl (C=O) groups excluding carboxylic acids is 3. The molecule has 0 aromatic carbocycles. The smallest absolute Gasteiger partial charge is 0.337 e. The maximum absolute atomic E-state index is 12.6. The quantitative estimate of drug-likeness (QED) is 0.292. The molecular formula is C22H27NO6. The normalized spacial score (nSPS) is 28.2. The molecule has 0 saturated carbocycles. The van der Waals surface area contributed by atoms with Gasteiger partial charge >= 0.3 is 5.97 Å². The van der Waals surface area contributed by atoms with Crippen molar-refractivity contribution >= 4 is 17.7 Å². The summed E-state index contributed by atoms with van der Waals surface area (Å²) in [4.78, 5) is 36.3. The largest absolute Gasteiger partial charge is 0.465 e. The third kappa shape index (κ3) is 5.19. The Morgan fingerprint density at radius 1 is 1.28 bits per heavy atom. The van der Waals surface area contributed by atoms with Crippen LogP contribution in [0.5, 0.6) is 0 Å². The van der Waals surface area contributed by atoms with Crippen molar-refractivity contribution in [2.45, 2.75) is 39.0 Å². The number of amides is 1. The molecule has 0 unspecified atom stereocenters. The van der Waals surface area contributed by atoms with Crippen LogP contribution in [0.25, 0.3) is 0 Å². The van der Waals surface area contributed by atoms with Gasteiger partial charge in [0.25, 0.3) is 0 Å². The lowest BCUT2D eigenvalue weighted by Crippen LogP contribution is -2.45. The molecule has 0 aromatic rings. The molecule has 0 radical (unpaired) electrons. The first-order valence-electron chi connectivity index (χ1n) is 9.38. The Labute approximate surface area is 170 Å². The standard InChI is InChI=1S/C22H27NO6/c1-5-16(21(26)28-4)13-14(2)9-7-6-8-10-15(3)18(24)17-19-22(27,11-12-29-19)23-20(17)25/h5-10,13,17,19,27H,11-12H2,1-4H3,(H,23,25)/b8-6+,9-7+,14-13+,15-10+,16-5+/t17-,19-,22+/m0/s1. The molecule has 7 heteroatoms. The summed E-state index contributed by atoms with van der Waals surface area (Å²) in [5, 5.41) is 12.8. The number of aliphatic hydroxyl groups is 1. The molecule has 2 aliphatic rings. The summed E-state index contributed by atoms with van der Waals surface area (Å²) >= 11 is 0. The zero-order valence-electron chi connectivity index (χ0n) is 17.1. The van der Waals surface area contributed by atoms with Gasteiger partial charge in [0.15, 0.2) is 11.5 Å². The van der Waals surface area contributed by atoms with E-state index in [0.29, 0.717) is 17.8 Å². The summed E-state index contributed by atoms with van der Waals surface area (Å²) in [6.07, 6.45) is 11.4. The van der Waals surface area contributed by atoms with Gasteiger partial charge in [-0.3, -0.25) is 9.59 Å². The molecule has 2 fully saturated rings. The van der Waals surface area contributed by atoms with Crippen LogP contribution in [0.2, 0.25) is 0 Å². The number of carbonyl (C=O) groups is 3. The van der Waals surface area contributed by atoms with E-state index in [1.165, 1.54) is 7.11 Å². The van der Waals surface area contributed by atoms with Crippen LogP contribution in [-0.2, 0) is 23.9 Å². The second kappa shape index (κ2) is 9.62. The summed E-state index contributed by atoms with van der Waals surface area (Å²) in [5.74, 6) is -2.32. The van der Waals surface area contributed by atoms with Crippen molar-refractivity contribution in [3.05, 3.63) is 59.3 Å². The molecule has 156 valence electrons. The van der Waals surface area contributed by atoms with Crippen LogP contribution in [0.1, 0.15) is 27.2 Å². The first kappa shape index (κ1) is 22.5. The maximum Gasteiger partial charge on any atom is 0.337 e. The number of hydrogen-bond acceptors (Lipinski definition) is 6. The zero-order chi connectivity index (χ0) is 21.6. The third-order valence-electron chi connectivity index (χ3n) is 4.89. The average molecular weight is 401 g/mol. The lowest BCUT2D eigenvalue weighted by Gasteiger charge is -2.21. The first-order chi connectivity index (χ1) is 13.7. The van der Waals surface area contributed by atoms with E-state index in [-0.39, 0.29) is 12.2 Å². The fourth-order valence-corrected chi connectivity index (χ4v) is 3.28. The maximum atomic E-state index is 12.6. The van der Waals surface area contributed by atoms with E-state index in [4.69, 9.17) is 9.47 Å². The average Bonchev–Trinajstić information content (AvgIpc) is 3.16. The van der Waals surface area contributed by atoms with Gasteiger partial charge in [-0.1, -0.05) is 42.0 Å². The van der Waals surface area contributed by atoms with Crippen molar-refractivity contribution in [2.24, 2.45) is 5.92 Å². The molecular weight excluding hydrogens is 374 g/mol. The highest BCUT2D eigenvalue weighted by Crippen LogP contribution is 2.36. The molecule has 0 aromatic heterocycles. The number of ketones is 1. The number of allylic oxidation sites excluding steroid dienone is 8. The van der Waals surface area contributed by atoms with Crippen molar-refractivity contribution in [1.82, 2.24) is 5.32 Å². The minimum absolute atomic E-state index is 0.276. The van der Waals surface area contributed by atoms with Crippen molar-refractivity contribution < 1.29 is 29.0 Å². The van der Waals surface area contributed by atoms with Gasteiger partial charge in [0, 0.05) is 6.42 Å². The second-order valence-electron chi connectivity index (χ2n) is 7.01. The van der Waals surface area contributed by atoms with Gasteiger partial charge in [-0.25, -0.2) is 4.79 Å². The van der Waals surface area contributed by atoms with E-state index in [9.17, 15) is 19.5 Å². The Bertz CT molecular complexity index is 832. The summed E-state index contributed by atoms with van der Waals surface area (Å²) in [7, 11) is 1.33. The number of rotatable bonds is 7. The summed E-state index contributed by atoms with van der Waals surface area (Å²) in [5.41, 5.74) is 0.258. The second-order valence-corrected chi connectivity index (χ2v) is 7.01. The Hall–Kier alpha value is -2.77. The topological polar surface area (TPSA) is 102 Å². The number of hydrogen-bond donors (Lipinski definition) is 2. The van der Waals surface area contributed by atoms with Gasteiger partial charge in [-0.05, 0) is 32.4 Å². The van der Waals surface area contributed by atoms with Crippen LogP contribution >= 0.6 is 0 Å². The van der Waals surface area contributed by atoms with E-state index in [1.54, 1.807) is 50.3 Å². The molecule has 2 heterocycles. The van der Waals surface area contributed by atoms with Gasteiger partial charge in [-0.2, -0.15) is 0 Å². The molecule has 2 aliphatic heterocycles. The Morgan fingerprint density at radius 2 is 2.00 bits per heavy atom. The van der Waals surface area contributed by atoms with Crippen LogP contribution < -0.4 is 5.32 Å². The molecule has 3 atom stereocenters. The van der Waals surface area contributed by atoms with Crippen molar-refractivity contribution in [3.63, 3.8) is 0 Å². The highest BCUT2D eigenvalue weighted by atomic mass is 16.5. The number of esters is 1. The molecule has 0 aliphatic carbocycles. The number of fused-ring (bicyclic) bond motifs is 1. The summed E-state index contributed by atoms with van der Waals surface area (Å²) in [6, 6.07) is 0.